The molecule has 1 aliphatic heterocycles. The average Bonchev–Trinajstić information content (AvgIpc) is 2.42. The molecule has 1 saturated heterocycles. The first-order chi connectivity index (χ1) is 9.23. The molecule has 0 saturated carbocycles. The monoisotopic (exact) mass is 265 g/mol. The van der Waals surface area contributed by atoms with Crippen LogP contribution in [0.5, 0.6) is 11.5 Å². The summed E-state index contributed by atoms with van der Waals surface area (Å²) < 4.78 is 16.7. The Bertz CT molecular complexity index is 389. The molecule has 1 aliphatic rings. The van der Waals surface area contributed by atoms with Gasteiger partial charge in [-0.05, 0) is 38.3 Å². The van der Waals surface area contributed by atoms with Crippen molar-refractivity contribution in [2.45, 2.75) is 31.7 Å². The van der Waals surface area contributed by atoms with Gasteiger partial charge in [0.2, 0.25) is 0 Å². The maximum atomic E-state index is 6.33. The molecule has 0 radical (unpaired) electrons. The highest BCUT2D eigenvalue weighted by Gasteiger charge is 2.27. The number of hydrogen-bond donors (Lipinski definition) is 1. The maximum Gasteiger partial charge on any atom is 0.161 e. The van der Waals surface area contributed by atoms with Crippen LogP contribution in [0.3, 0.4) is 0 Å². The van der Waals surface area contributed by atoms with Crippen molar-refractivity contribution in [3.05, 3.63) is 24.3 Å². The molecule has 1 aromatic rings. The van der Waals surface area contributed by atoms with Crippen LogP contribution in [0.25, 0.3) is 0 Å². The van der Waals surface area contributed by atoms with E-state index >= 15 is 0 Å². The van der Waals surface area contributed by atoms with Gasteiger partial charge in [0.25, 0.3) is 0 Å². The van der Waals surface area contributed by atoms with E-state index in [1.54, 1.807) is 0 Å². The lowest BCUT2D eigenvalue weighted by molar-refractivity contribution is 0.0450. The van der Waals surface area contributed by atoms with Gasteiger partial charge in [0.15, 0.2) is 11.5 Å². The van der Waals surface area contributed by atoms with E-state index in [-0.39, 0.29) is 5.54 Å². The lowest BCUT2D eigenvalue weighted by Crippen LogP contribution is -2.46. The molecule has 2 rings (SSSR count). The van der Waals surface area contributed by atoms with E-state index in [9.17, 15) is 0 Å². The predicted molar refractivity (Wildman–Crippen MR) is 74.7 cm³/mol. The largest absolute Gasteiger partial charge is 0.490 e. The van der Waals surface area contributed by atoms with E-state index in [1.807, 2.05) is 31.2 Å². The molecule has 0 amide bonds. The zero-order chi connectivity index (χ0) is 13.6. The van der Waals surface area contributed by atoms with Gasteiger partial charge in [-0.25, -0.2) is 0 Å². The van der Waals surface area contributed by atoms with Gasteiger partial charge in [0, 0.05) is 18.8 Å². The van der Waals surface area contributed by atoms with Crippen LogP contribution in [-0.4, -0.2) is 32.0 Å². The Morgan fingerprint density at radius 2 is 1.79 bits per heavy atom. The van der Waals surface area contributed by atoms with Gasteiger partial charge >= 0.3 is 0 Å². The number of benzene rings is 1. The van der Waals surface area contributed by atoms with Crippen molar-refractivity contribution in [2.75, 3.05) is 26.4 Å². The lowest BCUT2D eigenvalue weighted by atomic mass is 9.88. The Balaban J connectivity index is 1.85. The van der Waals surface area contributed by atoms with Crippen molar-refractivity contribution >= 4 is 0 Å². The molecule has 19 heavy (non-hydrogen) atoms. The van der Waals surface area contributed by atoms with Crippen molar-refractivity contribution in [1.82, 2.24) is 0 Å². The highest BCUT2D eigenvalue weighted by molar-refractivity contribution is 5.39. The molecule has 1 fully saturated rings. The van der Waals surface area contributed by atoms with E-state index in [2.05, 4.69) is 0 Å². The first-order valence-corrected chi connectivity index (χ1v) is 6.95. The standard InChI is InChI=1S/C15H23NO3/c1-2-18-13-5-3-4-6-14(13)19-12-9-15(16)7-10-17-11-8-15/h3-6H,2,7-12,16H2,1H3. The third-order valence-electron chi connectivity index (χ3n) is 3.50. The molecule has 0 aliphatic carbocycles. The summed E-state index contributed by atoms with van der Waals surface area (Å²) in [6.07, 6.45) is 2.66. The van der Waals surface area contributed by atoms with Crippen molar-refractivity contribution in [1.29, 1.82) is 0 Å². The highest BCUT2D eigenvalue weighted by atomic mass is 16.5. The molecule has 0 unspecified atom stereocenters. The fourth-order valence-corrected chi connectivity index (χ4v) is 2.24. The predicted octanol–water partition coefficient (Wildman–Crippen LogP) is 2.36. The quantitative estimate of drug-likeness (QED) is 0.858. The van der Waals surface area contributed by atoms with E-state index in [1.165, 1.54) is 0 Å². The first kappa shape index (κ1) is 14.2. The zero-order valence-electron chi connectivity index (χ0n) is 11.6. The van der Waals surface area contributed by atoms with Gasteiger partial charge in [-0.3, -0.25) is 0 Å². The van der Waals surface area contributed by atoms with Gasteiger partial charge in [-0.15, -0.1) is 0 Å². The van der Waals surface area contributed by atoms with Crippen LogP contribution in [0.4, 0.5) is 0 Å². The van der Waals surface area contributed by atoms with Crippen LogP contribution >= 0.6 is 0 Å². The molecule has 1 aromatic carbocycles. The van der Waals surface area contributed by atoms with Crippen molar-refractivity contribution in [3.8, 4) is 11.5 Å². The summed E-state index contributed by atoms with van der Waals surface area (Å²) in [6.45, 7) is 4.73. The Morgan fingerprint density at radius 3 is 2.42 bits per heavy atom. The number of hydrogen-bond acceptors (Lipinski definition) is 4. The summed E-state index contributed by atoms with van der Waals surface area (Å²) in [7, 11) is 0. The smallest absolute Gasteiger partial charge is 0.161 e. The number of rotatable bonds is 6. The van der Waals surface area contributed by atoms with Crippen molar-refractivity contribution < 1.29 is 14.2 Å². The summed E-state index contributed by atoms with van der Waals surface area (Å²) in [5.41, 5.74) is 6.19. The molecule has 1 heterocycles. The summed E-state index contributed by atoms with van der Waals surface area (Å²) in [5, 5.41) is 0. The number of para-hydroxylation sites is 2. The summed E-state index contributed by atoms with van der Waals surface area (Å²) in [4.78, 5) is 0. The molecule has 0 aromatic heterocycles. The Hall–Kier alpha value is -1.26. The fourth-order valence-electron chi connectivity index (χ4n) is 2.24. The van der Waals surface area contributed by atoms with Gasteiger partial charge in [-0.2, -0.15) is 0 Å². The van der Waals surface area contributed by atoms with E-state index in [4.69, 9.17) is 19.9 Å². The average molecular weight is 265 g/mol. The number of nitrogens with two attached hydrogens (primary N) is 1. The summed E-state index contributed by atoms with van der Waals surface area (Å²) >= 11 is 0. The lowest BCUT2D eigenvalue weighted by Gasteiger charge is -2.33. The Kier molecular flexibility index (Phi) is 5.05. The van der Waals surface area contributed by atoms with Crippen LogP contribution < -0.4 is 15.2 Å². The molecule has 4 nitrogen and oxygen atoms in total. The molecule has 2 N–H and O–H groups in total. The van der Waals surface area contributed by atoms with E-state index in [0.717, 1.165) is 44.0 Å². The second-order valence-corrected chi connectivity index (χ2v) is 4.95. The second kappa shape index (κ2) is 6.78. The maximum absolute atomic E-state index is 6.33. The van der Waals surface area contributed by atoms with Gasteiger partial charge < -0.3 is 19.9 Å². The third kappa shape index (κ3) is 4.11. The summed E-state index contributed by atoms with van der Waals surface area (Å²) in [6, 6.07) is 7.74. The minimum Gasteiger partial charge on any atom is -0.490 e. The third-order valence-corrected chi connectivity index (χ3v) is 3.50. The Labute approximate surface area is 114 Å². The van der Waals surface area contributed by atoms with Gasteiger partial charge in [0.05, 0.1) is 13.2 Å². The molecule has 0 bridgehead atoms. The SMILES string of the molecule is CCOc1ccccc1OCCC1(N)CCOCC1. The number of ether oxygens (including phenoxy) is 3. The van der Waals surface area contributed by atoms with Crippen LogP contribution in [0, 0.1) is 0 Å². The van der Waals surface area contributed by atoms with Gasteiger partial charge in [-0.1, -0.05) is 12.1 Å². The van der Waals surface area contributed by atoms with Crippen LogP contribution in [0.15, 0.2) is 24.3 Å². The molecular weight excluding hydrogens is 242 g/mol. The molecule has 4 heteroatoms. The van der Waals surface area contributed by atoms with E-state index in [0.29, 0.717) is 13.2 Å². The normalized spacial score (nSPS) is 18.0. The fraction of sp³-hybridized carbons (Fsp3) is 0.600. The van der Waals surface area contributed by atoms with Crippen LogP contribution in [-0.2, 0) is 4.74 Å². The summed E-state index contributed by atoms with van der Waals surface area (Å²) in [5.74, 6) is 1.59. The van der Waals surface area contributed by atoms with Gasteiger partial charge in [0.1, 0.15) is 0 Å². The minimum atomic E-state index is -0.140. The Morgan fingerprint density at radius 1 is 1.16 bits per heavy atom. The molecule has 106 valence electrons. The van der Waals surface area contributed by atoms with E-state index < -0.39 is 0 Å². The zero-order valence-corrected chi connectivity index (χ0v) is 11.6. The van der Waals surface area contributed by atoms with Crippen LogP contribution in [0.2, 0.25) is 0 Å². The first-order valence-electron chi connectivity index (χ1n) is 6.95. The highest BCUT2D eigenvalue weighted by Crippen LogP contribution is 2.28. The van der Waals surface area contributed by atoms with Crippen LogP contribution in [0.1, 0.15) is 26.2 Å². The molecule has 0 atom stereocenters. The van der Waals surface area contributed by atoms with Crippen molar-refractivity contribution in [2.24, 2.45) is 5.73 Å². The topological polar surface area (TPSA) is 53.7 Å². The second-order valence-electron chi connectivity index (χ2n) is 4.95. The molecule has 0 spiro atoms. The molecular formula is C15H23NO3. The van der Waals surface area contributed by atoms with Crippen molar-refractivity contribution in [3.63, 3.8) is 0 Å². The minimum absolute atomic E-state index is 0.140.